The number of nitro benzene ring substituents is 1. The van der Waals surface area contributed by atoms with Crippen molar-refractivity contribution < 1.29 is 19.2 Å². The van der Waals surface area contributed by atoms with Crippen LogP contribution in [-0.2, 0) is 9.53 Å². The Morgan fingerprint density at radius 2 is 1.82 bits per heavy atom. The molecule has 0 radical (unpaired) electrons. The Morgan fingerprint density at radius 3 is 2.39 bits per heavy atom. The molecular weight excluding hydrogens is 446 g/mol. The monoisotopic (exact) mass is 465 g/mol. The van der Waals surface area contributed by atoms with E-state index in [1.54, 1.807) is 32.2 Å². The number of benzene rings is 2. The third-order valence-corrected chi connectivity index (χ3v) is 6.24. The second-order valence-corrected chi connectivity index (χ2v) is 8.20. The van der Waals surface area contributed by atoms with Gasteiger partial charge in [-0.1, -0.05) is 23.5 Å². The highest BCUT2D eigenvalue weighted by Crippen LogP contribution is 2.31. The van der Waals surface area contributed by atoms with Gasteiger partial charge in [-0.3, -0.25) is 19.5 Å². The normalized spacial score (nSPS) is 15.6. The SMILES string of the molecule is COC(=O)C1=C(C)N=c2sc(=Cc3ccc(OC)cc3)c(=O)n2C1c1ccc([N+](=O)[O-])cc1. The molecule has 0 aliphatic carbocycles. The number of hydrogen-bond donors (Lipinski definition) is 0. The molecule has 1 atom stereocenters. The van der Waals surface area contributed by atoms with E-state index in [4.69, 9.17) is 9.47 Å². The van der Waals surface area contributed by atoms with E-state index in [-0.39, 0.29) is 16.8 Å². The fourth-order valence-corrected chi connectivity index (χ4v) is 4.68. The fourth-order valence-electron chi connectivity index (χ4n) is 3.64. The Morgan fingerprint density at radius 1 is 1.15 bits per heavy atom. The molecular formula is C23H19N3O6S. The molecule has 10 heteroatoms. The number of allylic oxidation sites excluding steroid dienone is 1. The standard InChI is InChI=1S/C23H19N3O6S/c1-13-19(22(28)32-3)20(15-6-8-16(9-7-15)26(29)30)25-21(27)18(33-23(25)24-13)12-14-4-10-17(31-2)11-5-14/h4-12,20H,1-3H3. The Labute approximate surface area is 191 Å². The van der Waals surface area contributed by atoms with Crippen LogP contribution in [0, 0.1) is 10.1 Å². The molecule has 0 amide bonds. The number of non-ortho nitro benzene ring substituents is 1. The Balaban J connectivity index is 1.92. The van der Waals surface area contributed by atoms with Crippen molar-refractivity contribution in [3.63, 3.8) is 0 Å². The van der Waals surface area contributed by atoms with Gasteiger partial charge in [-0.25, -0.2) is 9.79 Å². The number of aromatic nitrogens is 1. The third kappa shape index (κ3) is 4.08. The average Bonchev–Trinajstić information content (AvgIpc) is 3.12. The zero-order chi connectivity index (χ0) is 23.7. The Hall–Kier alpha value is -4.05. The lowest BCUT2D eigenvalue weighted by atomic mass is 9.96. The summed E-state index contributed by atoms with van der Waals surface area (Å²) in [5.41, 5.74) is 1.54. The van der Waals surface area contributed by atoms with Crippen LogP contribution in [0.1, 0.15) is 24.1 Å². The second kappa shape index (κ2) is 8.83. The van der Waals surface area contributed by atoms with Gasteiger partial charge in [0.05, 0.1) is 41.0 Å². The van der Waals surface area contributed by atoms with E-state index in [1.165, 1.54) is 47.3 Å². The molecule has 0 N–H and O–H groups in total. The predicted octanol–water partition coefficient (Wildman–Crippen LogP) is 2.33. The molecule has 1 aliphatic heterocycles. The minimum Gasteiger partial charge on any atom is -0.497 e. The van der Waals surface area contributed by atoms with Crippen LogP contribution in [0.4, 0.5) is 5.69 Å². The minimum absolute atomic E-state index is 0.0917. The van der Waals surface area contributed by atoms with E-state index in [1.807, 2.05) is 12.1 Å². The molecule has 0 saturated carbocycles. The van der Waals surface area contributed by atoms with Crippen LogP contribution in [0.3, 0.4) is 0 Å². The lowest BCUT2D eigenvalue weighted by Crippen LogP contribution is -2.39. The van der Waals surface area contributed by atoms with Gasteiger partial charge in [-0.2, -0.15) is 0 Å². The Kier molecular flexibility index (Phi) is 5.93. The number of esters is 1. The van der Waals surface area contributed by atoms with Gasteiger partial charge in [0.1, 0.15) is 5.75 Å². The summed E-state index contributed by atoms with van der Waals surface area (Å²) in [4.78, 5) is 41.5. The maximum atomic E-state index is 13.4. The van der Waals surface area contributed by atoms with E-state index in [9.17, 15) is 19.7 Å². The molecule has 33 heavy (non-hydrogen) atoms. The molecule has 4 rings (SSSR count). The van der Waals surface area contributed by atoms with Gasteiger partial charge in [0.2, 0.25) is 0 Å². The van der Waals surface area contributed by atoms with Gasteiger partial charge in [-0.15, -0.1) is 0 Å². The molecule has 0 fully saturated rings. The number of carbonyl (C=O) groups is 1. The summed E-state index contributed by atoms with van der Waals surface area (Å²) >= 11 is 1.20. The molecule has 1 aliphatic rings. The first-order valence-electron chi connectivity index (χ1n) is 9.83. The van der Waals surface area contributed by atoms with Crippen molar-refractivity contribution in [2.45, 2.75) is 13.0 Å². The number of thiazole rings is 1. The number of nitrogens with zero attached hydrogens (tertiary/aromatic N) is 3. The van der Waals surface area contributed by atoms with Crippen LogP contribution >= 0.6 is 11.3 Å². The third-order valence-electron chi connectivity index (χ3n) is 5.26. The number of hydrogen-bond acceptors (Lipinski definition) is 8. The summed E-state index contributed by atoms with van der Waals surface area (Å²) < 4.78 is 12.0. The molecule has 168 valence electrons. The smallest absolute Gasteiger partial charge is 0.338 e. The molecule has 3 aromatic rings. The van der Waals surface area contributed by atoms with Crippen LogP contribution in [0.15, 0.2) is 69.6 Å². The highest BCUT2D eigenvalue weighted by atomic mass is 32.1. The summed E-state index contributed by atoms with van der Waals surface area (Å²) in [7, 11) is 2.83. The molecule has 0 spiro atoms. The number of rotatable bonds is 5. The van der Waals surface area contributed by atoms with Crippen LogP contribution in [0.2, 0.25) is 0 Å². The summed E-state index contributed by atoms with van der Waals surface area (Å²) in [5, 5.41) is 11.1. The maximum Gasteiger partial charge on any atom is 0.338 e. The van der Waals surface area contributed by atoms with Crippen molar-refractivity contribution in [1.29, 1.82) is 0 Å². The molecule has 2 aromatic carbocycles. The van der Waals surface area contributed by atoms with Crippen molar-refractivity contribution in [1.82, 2.24) is 4.57 Å². The van der Waals surface area contributed by atoms with Crippen molar-refractivity contribution in [3.8, 4) is 5.75 Å². The molecule has 9 nitrogen and oxygen atoms in total. The largest absolute Gasteiger partial charge is 0.497 e. The van der Waals surface area contributed by atoms with Crippen LogP contribution in [-0.4, -0.2) is 29.7 Å². The topological polar surface area (TPSA) is 113 Å². The van der Waals surface area contributed by atoms with E-state index in [0.717, 1.165) is 5.56 Å². The zero-order valence-electron chi connectivity index (χ0n) is 18.0. The van der Waals surface area contributed by atoms with Gasteiger partial charge >= 0.3 is 5.97 Å². The van der Waals surface area contributed by atoms with Crippen molar-refractivity contribution in [2.75, 3.05) is 14.2 Å². The van der Waals surface area contributed by atoms with E-state index in [0.29, 0.717) is 26.3 Å². The highest BCUT2D eigenvalue weighted by molar-refractivity contribution is 7.07. The average molecular weight is 465 g/mol. The van der Waals surface area contributed by atoms with Crippen molar-refractivity contribution >= 4 is 29.1 Å². The number of methoxy groups -OCH3 is 2. The van der Waals surface area contributed by atoms with Crippen molar-refractivity contribution in [2.24, 2.45) is 4.99 Å². The van der Waals surface area contributed by atoms with Crippen molar-refractivity contribution in [3.05, 3.63) is 101 Å². The summed E-state index contributed by atoms with van der Waals surface area (Å²) in [6.07, 6.45) is 1.74. The first kappa shape index (κ1) is 22.2. The summed E-state index contributed by atoms with van der Waals surface area (Å²) in [6.45, 7) is 1.67. The minimum atomic E-state index is -0.826. The van der Waals surface area contributed by atoms with Crippen LogP contribution < -0.4 is 19.6 Å². The van der Waals surface area contributed by atoms with Crippen LogP contribution in [0.25, 0.3) is 6.08 Å². The quantitative estimate of drug-likeness (QED) is 0.325. The number of carbonyl (C=O) groups excluding carboxylic acids is 1. The summed E-state index contributed by atoms with van der Waals surface area (Å²) in [5.74, 6) is 0.0779. The van der Waals surface area contributed by atoms with Gasteiger partial charge in [0.15, 0.2) is 4.80 Å². The zero-order valence-corrected chi connectivity index (χ0v) is 18.8. The van der Waals surface area contributed by atoms with E-state index in [2.05, 4.69) is 4.99 Å². The number of ether oxygens (including phenoxy) is 2. The number of fused-ring (bicyclic) bond motifs is 1. The first-order valence-corrected chi connectivity index (χ1v) is 10.6. The second-order valence-electron chi connectivity index (χ2n) is 7.20. The van der Waals surface area contributed by atoms with Gasteiger partial charge in [0.25, 0.3) is 11.2 Å². The Bertz CT molecular complexity index is 1450. The summed E-state index contributed by atoms with van der Waals surface area (Å²) in [6, 6.07) is 12.2. The molecule has 1 aromatic heterocycles. The molecule has 0 bridgehead atoms. The maximum absolute atomic E-state index is 13.4. The lowest BCUT2D eigenvalue weighted by molar-refractivity contribution is -0.384. The van der Waals surface area contributed by atoms with E-state index < -0.39 is 16.9 Å². The molecule has 0 saturated heterocycles. The fraction of sp³-hybridized carbons (Fsp3) is 0.174. The molecule has 2 heterocycles. The number of nitro groups is 1. The highest BCUT2D eigenvalue weighted by Gasteiger charge is 2.33. The lowest BCUT2D eigenvalue weighted by Gasteiger charge is -2.24. The molecule has 1 unspecified atom stereocenters. The predicted molar refractivity (Wildman–Crippen MR) is 122 cm³/mol. The van der Waals surface area contributed by atoms with Gasteiger partial charge in [-0.05, 0) is 48.4 Å². The first-order chi connectivity index (χ1) is 15.8. The van der Waals surface area contributed by atoms with Gasteiger partial charge in [0, 0.05) is 12.1 Å². The van der Waals surface area contributed by atoms with E-state index >= 15 is 0 Å². The van der Waals surface area contributed by atoms with Crippen LogP contribution in [0.5, 0.6) is 5.75 Å². The van der Waals surface area contributed by atoms with Gasteiger partial charge < -0.3 is 9.47 Å².